The topological polar surface area (TPSA) is 33.4 Å². The Hall–Kier alpha value is -0.900. The Balaban J connectivity index is 2.23. The molecule has 2 nitrogen and oxygen atoms in total. The Morgan fingerprint density at radius 1 is 1.38 bits per heavy atom. The van der Waals surface area contributed by atoms with Crippen LogP contribution in [0.15, 0.2) is 44.7 Å². The predicted octanol–water partition coefficient (Wildman–Crippen LogP) is 3.88. The van der Waals surface area contributed by atoms with Gasteiger partial charge in [-0.2, -0.15) is 0 Å². The normalized spacial score (nSPS) is 10.7. The fourth-order valence-corrected chi connectivity index (χ4v) is 2.51. The van der Waals surface area contributed by atoms with Gasteiger partial charge in [-0.1, -0.05) is 29.4 Å². The van der Waals surface area contributed by atoms with Crippen LogP contribution in [0.4, 0.5) is 0 Å². The van der Waals surface area contributed by atoms with E-state index in [-0.39, 0.29) is 6.61 Å². The van der Waals surface area contributed by atoms with Gasteiger partial charge in [-0.3, -0.25) is 0 Å². The number of halogens is 1. The highest BCUT2D eigenvalue weighted by atomic mass is 35.5. The SMILES string of the molecule is Cc1occc1Sc1ccc(CO)c(Cl)c1. The molecular formula is C12H11ClO2S. The summed E-state index contributed by atoms with van der Waals surface area (Å²) in [4.78, 5) is 2.11. The van der Waals surface area contributed by atoms with Crippen LogP contribution < -0.4 is 0 Å². The highest BCUT2D eigenvalue weighted by Gasteiger charge is 2.06. The smallest absolute Gasteiger partial charge is 0.114 e. The van der Waals surface area contributed by atoms with Crippen molar-refractivity contribution in [2.75, 3.05) is 0 Å². The first-order valence-electron chi connectivity index (χ1n) is 4.82. The molecule has 4 heteroatoms. The minimum absolute atomic E-state index is 0.0332. The van der Waals surface area contributed by atoms with Crippen LogP contribution in [0.2, 0.25) is 5.02 Å². The third-order valence-corrected chi connectivity index (χ3v) is 3.72. The molecule has 1 aromatic heterocycles. The third-order valence-electron chi connectivity index (χ3n) is 2.23. The van der Waals surface area contributed by atoms with Gasteiger partial charge in [0, 0.05) is 9.92 Å². The van der Waals surface area contributed by atoms with Crippen molar-refractivity contribution in [2.45, 2.75) is 23.3 Å². The molecule has 2 aromatic rings. The Morgan fingerprint density at radius 3 is 2.75 bits per heavy atom. The number of aliphatic hydroxyl groups excluding tert-OH is 1. The summed E-state index contributed by atoms with van der Waals surface area (Å²) in [6.07, 6.45) is 1.67. The number of hydrogen-bond donors (Lipinski definition) is 1. The lowest BCUT2D eigenvalue weighted by atomic mass is 10.2. The number of rotatable bonds is 3. The van der Waals surface area contributed by atoms with E-state index in [0.29, 0.717) is 5.02 Å². The summed E-state index contributed by atoms with van der Waals surface area (Å²) >= 11 is 7.61. The highest BCUT2D eigenvalue weighted by Crippen LogP contribution is 2.33. The summed E-state index contributed by atoms with van der Waals surface area (Å²) in [5.74, 6) is 0.896. The van der Waals surface area contributed by atoms with E-state index in [1.807, 2.05) is 31.2 Å². The van der Waals surface area contributed by atoms with Gasteiger partial charge in [-0.05, 0) is 30.7 Å². The molecule has 0 aliphatic heterocycles. The monoisotopic (exact) mass is 254 g/mol. The molecule has 1 aromatic carbocycles. The fraction of sp³-hybridized carbons (Fsp3) is 0.167. The molecule has 0 unspecified atom stereocenters. The number of hydrogen-bond acceptors (Lipinski definition) is 3. The molecule has 0 amide bonds. The van der Waals surface area contributed by atoms with Gasteiger partial charge in [0.2, 0.25) is 0 Å². The van der Waals surface area contributed by atoms with Gasteiger partial charge < -0.3 is 9.52 Å². The Morgan fingerprint density at radius 2 is 2.19 bits per heavy atom. The van der Waals surface area contributed by atoms with Crippen LogP contribution in [0.25, 0.3) is 0 Å². The zero-order chi connectivity index (χ0) is 11.5. The van der Waals surface area contributed by atoms with Crippen molar-refractivity contribution in [3.63, 3.8) is 0 Å². The molecule has 0 spiro atoms. The second-order valence-electron chi connectivity index (χ2n) is 3.35. The summed E-state index contributed by atoms with van der Waals surface area (Å²) < 4.78 is 5.22. The molecule has 0 aliphatic carbocycles. The molecule has 0 atom stereocenters. The van der Waals surface area contributed by atoms with Crippen LogP contribution in [-0.2, 0) is 6.61 Å². The largest absolute Gasteiger partial charge is 0.468 e. The summed E-state index contributed by atoms with van der Waals surface area (Å²) in [5.41, 5.74) is 0.745. The third kappa shape index (κ3) is 2.43. The summed E-state index contributed by atoms with van der Waals surface area (Å²) in [6, 6.07) is 7.55. The van der Waals surface area contributed by atoms with Crippen molar-refractivity contribution < 1.29 is 9.52 Å². The molecule has 84 valence electrons. The Bertz CT molecular complexity index is 494. The lowest BCUT2D eigenvalue weighted by molar-refractivity contribution is 0.282. The molecule has 0 saturated carbocycles. The van der Waals surface area contributed by atoms with Crippen molar-refractivity contribution in [3.8, 4) is 0 Å². The van der Waals surface area contributed by atoms with E-state index >= 15 is 0 Å². The molecule has 0 radical (unpaired) electrons. The molecule has 0 saturated heterocycles. The van der Waals surface area contributed by atoms with Crippen LogP contribution in [0.5, 0.6) is 0 Å². The van der Waals surface area contributed by atoms with Crippen molar-refractivity contribution in [2.24, 2.45) is 0 Å². The van der Waals surface area contributed by atoms with Crippen molar-refractivity contribution in [1.29, 1.82) is 0 Å². The van der Waals surface area contributed by atoms with E-state index in [1.165, 1.54) is 0 Å². The quantitative estimate of drug-likeness (QED) is 0.902. The number of furan rings is 1. The average molecular weight is 255 g/mol. The molecule has 16 heavy (non-hydrogen) atoms. The molecule has 2 rings (SSSR count). The minimum atomic E-state index is -0.0332. The van der Waals surface area contributed by atoms with E-state index in [4.69, 9.17) is 21.1 Å². The second-order valence-corrected chi connectivity index (χ2v) is 4.88. The number of aliphatic hydroxyl groups is 1. The first-order chi connectivity index (χ1) is 7.70. The van der Waals surface area contributed by atoms with Crippen LogP contribution >= 0.6 is 23.4 Å². The average Bonchev–Trinajstić information content (AvgIpc) is 2.65. The Labute approximate surface area is 103 Å². The van der Waals surface area contributed by atoms with Crippen LogP contribution in [0.3, 0.4) is 0 Å². The van der Waals surface area contributed by atoms with Crippen molar-refractivity contribution in [1.82, 2.24) is 0 Å². The summed E-state index contributed by atoms with van der Waals surface area (Å²) in [7, 11) is 0. The van der Waals surface area contributed by atoms with E-state index in [0.717, 1.165) is 21.1 Å². The van der Waals surface area contributed by atoms with Crippen molar-refractivity contribution >= 4 is 23.4 Å². The van der Waals surface area contributed by atoms with E-state index in [9.17, 15) is 0 Å². The highest BCUT2D eigenvalue weighted by molar-refractivity contribution is 7.99. The van der Waals surface area contributed by atoms with Gasteiger partial charge in [0.15, 0.2) is 0 Å². The predicted molar refractivity (Wildman–Crippen MR) is 64.9 cm³/mol. The summed E-state index contributed by atoms with van der Waals surface area (Å²) in [5, 5.41) is 9.60. The van der Waals surface area contributed by atoms with Crippen LogP contribution in [0, 0.1) is 6.92 Å². The zero-order valence-electron chi connectivity index (χ0n) is 8.74. The van der Waals surface area contributed by atoms with Crippen molar-refractivity contribution in [3.05, 3.63) is 46.9 Å². The first kappa shape index (κ1) is 11.6. The maximum absolute atomic E-state index is 9.00. The van der Waals surface area contributed by atoms with Crippen LogP contribution in [-0.4, -0.2) is 5.11 Å². The maximum Gasteiger partial charge on any atom is 0.114 e. The van der Waals surface area contributed by atoms with E-state index < -0.39 is 0 Å². The van der Waals surface area contributed by atoms with Gasteiger partial charge in [0.05, 0.1) is 17.8 Å². The molecule has 1 heterocycles. The van der Waals surface area contributed by atoms with Gasteiger partial charge in [0.25, 0.3) is 0 Å². The zero-order valence-corrected chi connectivity index (χ0v) is 10.3. The molecule has 0 bridgehead atoms. The fourth-order valence-electron chi connectivity index (χ4n) is 1.33. The Kier molecular flexibility index (Phi) is 3.59. The number of benzene rings is 1. The maximum atomic E-state index is 9.00. The first-order valence-corrected chi connectivity index (χ1v) is 6.01. The van der Waals surface area contributed by atoms with Gasteiger partial charge in [0.1, 0.15) is 5.76 Å². The van der Waals surface area contributed by atoms with Gasteiger partial charge in [-0.25, -0.2) is 0 Å². The summed E-state index contributed by atoms with van der Waals surface area (Å²) in [6.45, 7) is 1.89. The lowest BCUT2D eigenvalue weighted by Gasteiger charge is -2.04. The van der Waals surface area contributed by atoms with E-state index in [2.05, 4.69) is 0 Å². The molecule has 0 aliphatic rings. The van der Waals surface area contributed by atoms with Gasteiger partial charge >= 0.3 is 0 Å². The van der Waals surface area contributed by atoms with Gasteiger partial charge in [-0.15, -0.1) is 0 Å². The molecule has 1 N–H and O–H groups in total. The standard InChI is InChI=1S/C12H11ClO2S/c1-8-12(4-5-15-8)16-10-3-2-9(7-14)11(13)6-10/h2-6,14H,7H2,1H3. The minimum Gasteiger partial charge on any atom is -0.468 e. The molecular weight excluding hydrogens is 244 g/mol. The lowest BCUT2D eigenvalue weighted by Crippen LogP contribution is -1.84. The second kappa shape index (κ2) is 4.95. The molecule has 0 fully saturated rings. The van der Waals surface area contributed by atoms with E-state index in [1.54, 1.807) is 18.0 Å². The number of aryl methyl sites for hydroxylation is 1. The van der Waals surface area contributed by atoms with Crippen LogP contribution in [0.1, 0.15) is 11.3 Å².